The van der Waals surface area contributed by atoms with Crippen LogP contribution >= 0.6 is 0 Å². The maximum absolute atomic E-state index is 5.67. The molecule has 0 amide bonds. The maximum atomic E-state index is 5.67. The van der Waals surface area contributed by atoms with Crippen LogP contribution in [0, 0.1) is 5.92 Å². The summed E-state index contributed by atoms with van der Waals surface area (Å²) < 4.78 is 5.67. The van der Waals surface area contributed by atoms with Crippen LogP contribution in [0.3, 0.4) is 0 Å². The van der Waals surface area contributed by atoms with Crippen molar-refractivity contribution in [3.8, 4) is 0 Å². The molecule has 0 aromatic carbocycles. The fourth-order valence-electron chi connectivity index (χ4n) is 1.76. The van der Waals surface area contributed by atoms with Gasteiger partial charge in [-0.1, -0.05) is 26.7 Å². The van der Waals surface area contributed by atoms with E-state index in [1.807, 2.05) is 0 Å². The van der Waals surface area contributed by atoms with Crippen LogP contribution in [0.15, 0.2) is 0 Å². The molecular weight excluding hydrogens is 136 g/mol. The van der Waals surface area contributed by atoms with E-state index in [0.717, 1.165) is 6.61 Å². The van der Waals surface area contributed by atoms with E-state index in [2.05, 4.69) is 34.6 Å². The van der Waals surface area contributed by atoms with Crippen LogP contribution in [0.25, 0.3) is 0 Å². The molecule has 0 heterocycles. The second-order valence-corrected chi connectivity index (χ2v) is 3.55. The van der Waals surface area contributed by atoms with E-state index in [1.165, 1.54) is 12.8 Å². The number of ether oxygens (including phenoxy) is 1. The fourth-order valence-corrected chi connectivity index (χ4v) is 1.76. The van der Waals surface area contributed by atoms with Gasteiger partial charge < -0.3 is 4.74 Å². The summed E-state index contributed by atoms with van der Waals surface area (Å²) in [6, 6.07) is 0. The van der Waals surface area contributed by atoms with Crippen molar-refractivity contribution in [3.05, 3.63) is 0 Å². The zero-order valence-corrected chi connectivity index (χ0v) is 8.61. The molecule has 0 saturated carbocycles. The van der Waals surface area contributed by atoms with Crippen LogP contribution in [-0.4, -0.2) is 12.2 Å². The van der Waals surface area contributed by atoms with E-state index >= 15 is 0 Å². The van der Waals surface area contributed by atoms with Crippen LogP contribution in [0.4, 0.5) is 0 Å². The van der Waals surface area contributed by atoms with E-state index in [1.54, 1.807) is 0 Å². The van der Waals surface area contributed by atoms with Gasteiger partial charge in [0.15, 0.2) is 0 Å². The first-order valence-electron chi connectivity index (χ1n) is 4.72. The van der Waals surface area contributed by atoms with Crippen molar-refractivity contribution in [2.45, 2.75) is 53.1 Å². The minimum absolute atomic E-state index is 0.0677. The highest BCUT2D eigenvalue weighted by atomic mass is 16.5. The lowest BCUT2D eigenvalue weighted by molar-refractivity contribution is -0.0565. The first-order chi connectivity index (χ1) is 5.08. The molecule has 11 heavy (non-hydrogen) atoms. The molecule has 0 fully saturated rings. The van der Waals surface area contributed by atoms with Gasteiger partial charge in [0.1, 0.15) is 0 Å². The predicted octanol–water partition coefficient (Wildman–Crippen LogP) is 3.24. The van der Waals surface area contributed by atoms with Crippen LogP contribution < -0.4 is 0 Å². The molecule has 0 aliphatic heterocycles. The van der Waals surface area contributed by atoms with Crippen LogP contribution in [-0.2, 0) is 4.74 Å². The third-order valence-corrected chi connectivity index (χ3v) is 2.49. The Kier molecular flexibility index (Phi) is 4.74. The Bertz CT molecular complexity index is 93.0. The van der Waals surface area contributed by atoms with E-state index in [0.29, 0.717) is 5.92 Å². The Balaban J connectivity index is 4.00. The number of hydrogen-bond donors (Lipinski definition) is 0. The van der Waals surface area contributed by atoms with Gasteiger partial charge in [0, 0.05) is 6.61 Å². The predicted molar refractivity (Wildman–Crippen MR) is 49.8 cm³/mol. The third-order valence-electron chi connectivity index (χ3n) is 2.49. The zero-order chi connectivity index (χ0) is 8.91. The molecule has 0 aliphatic rings. The summed E-state index contributed by atoms with van der Waals surface area (Å²) in [5.74, 6) is 0.697. The Morgan fingerprint density at radius 3 is 1.82 bits per heavy atom. The average Bonchev–Trinajstić information content (AvgIpc) is 1.89. The fraction of sp³-hybridized carbons (Fsp3) is 1.00. The lowest BCUT2D eigenvalue weighted by Gasteiger charge is -2.32. The minimum Gasteiger partial charge on any atom is -0.376 e. The van der Waals surface area contributed by atoms with Crippen molar-refractivity contribution in [1.82, 2.24) is 0 Å². The first kappa shape index (κ1) is 11.0. The quantitative estimate of drug-likeness (QED) is 0.597. The van der Waals surface area contributed by atoms with E-state index in [9.17, 15) is 0 Å². The summed E-state index contributed by atoms with van der Waals surface area (Å²) in [7, 11) is 0. The summed E-state index contributed by atoms with van der Waals surface area (Å²) in [5, 5.41) is 0. The molecule has 0 atom stereocenters. The van der Waals surface area contributed by atoms with E-state index < -0.39 is 0 Å². The lowest BCUT2D eigenvalue weighted by Crippen LogP contribution is -2.33. The molecule has 0 rings (SSSR count). The minimum atomic E-state index is 0.0677. The summed E-state index contributed by atoms with van der Waals surface area (Å²) in [5.41, 5.74) is 0.0677. The first-order valence-corrected chi connectivity index (χ1v) is 4.72. The molecule has 1 nitrogen and oxygen atoms in total. The van der Waals surface area contributed by atoms with Crippen molar-refractivity contribution in [3.63, 3.8) is 0 Å². The summed E-state index contributed by atoms with van der Waals surface area (Å²) in [6.45, 7) is 11.7. The molecule has 0 unspecified atom stereocenters. The smallest absolute Gasteiger partial charge is 0.0654 e. The van der Waals surface area contributed by atoms with E-state index in [-0.39, 0.29) is 5.60 Å². The van der Waals surface area contributed by atoms with Gasteiger partial charge in [0.25, 0.3) is 0 Å². The van der Waals surface area contributed by atoms with Gasteiger partial charge in [-0.3, -0.25) is 0 Å². The highest BCUT2D eigenvalue weighted by Gasteiger charge is 2.26. The molecule has 0 aromatic rings. The van der Waals surface area contributed by atoms with Gasteiger partial charge in [-0.2, -0.15) is 0 Å². The second kappa shape index (κ2) is 4.76. The van der Waals surface area contributed by atoms with Gasteiger partial charge in [0.05, 0.1) is 5.60 Å². The molecular formula is C10H22O. The molecule has 1 heteroatoms. The van der Waals surface area contributed by atoms with Crippen molar-refractivity contribution >= 4 is 0 Å². The largest absolute Gasteiger partial charge is 0.376 e. The molecule has 0 aromatic heterocycles. The topological polar surface area (TPSA) is 9.23 Å². The van der Waals surface area contributed by atoms with Crippen molar-refractivity contribution in [1.29, 1.82) is 0 Å². The van der Waals surface area contributed by atoms with Crippen LogP contribution in [0.1, 0.15) is 47.5 Å². The zero-order valence-electron chi connectivity index (χ0n) is 8.61. The lowest BCUT2D eigenvalue weighted by atomic mass is 9.86. The highest BCUT2D eigenvalue weighted by Crippen LogP contribution is 2.26. The van der Waals surface area contributed by atoms with E-state index in [4.69, 9.17) is 4.74 Å². The molecule has 0 bridgehead atoms. The van der Waals surface area contributed by atoms with Gasteiger partial charge in [-0.05, 0) is 26.7 Å². The molecule has 68 valence electrons. The van der Waals surface area contributed by atoms with Crippen molar-refractivity contribution in [2.75, 3.05) is 6.61 Å². The Morgan fingerprint density at radius 2 is 1.55 bits per heavy atom. The molecule has 0 aliphatic carbocycles. The van der Waals surface area contributed by atoms with Gasteiger partial charge in [-0.25, -0.2) is 0 Å². The van der Waals surface area contributed by atoms with Gasteiger partial charge in [-0.15, -0.1) is 0 Å². The van der Waals surface area contributed by atoms with Gasteiger partial charge in [0.2, 0.25) is 0 Å². The normalized spacial score (nSPS) is 12.5. The third kappa shape index (κ3) is 3.24. The van der Waals surface area contributed by atoms with Crippen LogP contribution in [0.5, 0.6) is 0 Å². The monoisotopic (exact) mass is 158 g/mol. The molecule has 0 spiro atoms. The molecule has 0 N–H and O–H groups in total. The van der Waals surface area contributed by atoms with Gasteiger partial charge >= 0.3 is 0 Å². The molecule has 0 radical (unpaired) electrons. The standard InChI is InChI=1S/C10H22O/c1-6-9(7-2)10(4,5)11-8-3/h9H,6-8H2,1-5H3. The number of hydrogen-bond acceptors (Lipinski definition) is 1. The summed E-state index contributed by atoms with van der Waals surface area (Å²) in [6.07, 6.45) is 2.42. The second-order valence-electron chi connectivity index (χ2n) is 3.55. The Hall–Kier alpha value is -0.0400. The Labute approximate surface area is 71.1 Å². The van der Waals surface area contributed by atoms with Crippen LogP contribution in [0.2, 0.25) is 0 Å². The SMILES string of the molecule is CCOC(C)(C)C(CC)CC. The van der Waals surface area contributed by atoms with Crippen molar-refractivity contribution in [2.24, 2.45) is 5.92 Å². The Morgan fingerprint density at radius 1 is 1.09 bits per heavy atom. The highest BCUT2D eigenvalue weighted by molar-refractivity contribution is 4.77. The maximum Gasteiger partial charge on any atom is 0.0654 e. The number of rotatable bonds is 5. The average molecular weight is 158 g/mol. The summed E-state index contributed by atoms with van der Waals surface area (Å²) >= 11 is 0. The molecule has 0 saturated heterocycles. The van der Waals surface area contributed by atoms with Crippen molar-refractivity contribution < 1.29 is 4.74 Å². The summed E-state index contributed by atoms with van der Waals surface area (Å²) in [4.78, 5) is 0.